The predicted octanol–water partition coefficient (Wildman–Crippen LogP) is 2.51. The second-order valence-corrected chi connectivity index (χ2v) is 9.37. The van der Waals surface area contributed by atoms with Crippen LogP contribution in [0, 0.1) is 11.8 Å². The lowest BCUT2D eigenvalue weighted by Gasteiger charge is -2.35. The van der Waals surface area contributed by atoms with Gasteiger partial charge < -0.3 is 16.0 Å². The van der Waals surface area contributed by atoms with E-state index in [2.05, 4.69) is 33.8 Å². The van der Waals surface area contributed by atoms with E-state index < -0.39 is 15.9 Å². The first-order chi connectivity index (χ1) is 13.7. The maximum atomic E-state index is 12.7. The normalized spacial score (nSPS) is 19.6. The van der Waals surface area contributed by atoms with Crippen LogP contribution in [0.25, 0.3) is 0 Å². The van der Waals surface area contributed by atoms with Gasteiger partial charge in [-0.05, 0) is 48.6 Å². The van der Waals surface area contributed by atoms with Crippen molar-refractivity contribution >= 4 is 33.1 Å². The van der Waals surface area contributed by atoms with Crippen molar-refractivity contribution in [2.45, 2.75) is 25.2 Å². The summed E-state index contributed by atoms with van der Waals surface area (Å²) in [4.78, 5) is 18.2. The smallest absolute Gasteiger partial charge is 0.261 e. The van der Waals surface area contributed by atoms with E-state index in [1.54, 1.807) is 13.1 Å². The van der Waals surface area contributed by atoms with Crippen LogP contribution in [0.3, 0.4) is 0 Å². The van der Waals surface area contributed by atoms with Crippen LogP contribution in [0.5, 0.6) is 0 Å². The van der Waals surface area contributed by atoms with E-state index in [1.807, 2.05) is 6.07 Å². The Hall–Kier alpha value is -2.81. The van der Waals surface area contributed by atoms with E-state index in [0.29, 0.717) is 23.2 Å². The van der Waals surface area contributed by atoms with E-state index in [0.717, 1.165) is 18.9 Å². The number of nitrogens with one attached hydrogen (secondary N) is 2. The second kappa shape index (κ2) is 8.28. The zero-order valence-corrected chi connectivity index (χ0v) is 17.7. The van der Waals surface area contributed by atoms with Crippen molar-refractivity contribution in [1.82, 2.24) is 4.98 Å². The number of carbonyl (C=O) groups is 1. The Morgan fingerprint density at radius 3 is 2.41 bits per heavy atom. The van der Waals surface area contributed by atoms with Crippen molar-refractivity contribution in [1.29, 1.82) is 0 Å². The Kier molecular flexibility index (Phi) is 5.97. The van der Waals surface area contributed by atoms with Crippen molar-refractivity contribution in [2.75, 3.05) is 35.1 Å². The Morgan fingerprint density at radius 2 is 1.86 bits per heavy atom. The van der Waals surface area contributed by atoms with E-state index in [4.69, 9.17) is 5.73 Å². The number of piperidine rings is 1. The van der Waals surface area contributed by atoms with Gasteiger partial charge in [0.2, 0.25) is 0 Å². The summed E-state index contributed by atoms with van der Waals surface area (Å²) in [6, 6.07) is 7.70. The molecule has 0 saturated carbocycles. The summed E-state index contributed by atoms with van der Waals surface area (Å²) >= 11 is 0. The Morgan fingerprint density at radius 1 is 1.17 bits per heavy atom. The average molecular weight is 418 g/mol. The van der Waals surface area contributed by atoms with Crippen molar-refractivity contribution in [2.24, 2.45) is 17.6 Å². The lowest BCUT2D eigenvalue weighted by molar-refractivity contribution is 0.100. The number of rotatable bonds is 6. The monoisotopic (exact) mass is 417 g/mol. The molecule has 0 radical (unpaired) electrons. The number of anilines is 3. The molecule has 1 amide bonds. The predicted molar refractivity (Wildman–Crippen MR) is 115 cm³/mol. The first-order valence-corrected chi connectivity index (χ1v) is 11.0. The minimum atomic E-state index is -3.89. The van der Waals surface area contributed by atoms with Gasteiger partial charge in [0, 0.05) is 25.8 Å². The van der Waals surface area contributed by atoms with Gasteiger partial charge in [0.1, 0.15) is 5.82 Å². The number of hydrogen-bond acceptors (Lipinski definition) is 6. The Bertz CT molecular complexity index is 982. The minimum Gasteiger partial charge on any atom is -0.387 e. The number of primary amides is 1. The fourth-order valence-corrected chi connectivity index (χ4v) is 4.88. The van der Waals surface area contributed by atoms with Crippen LogP contribution in [0.4, 0.5) is 17.2 Å². The molecule has 2 atom stereocenters. The molecule has 0 unspecified atom stereocenters. The molecule has 1 fully saturated rings. The first kappa shape index (κ1) is 20.9. The number of aromatic nitrogens is 1. The lowest BCUT2D eigenvalue weighted by Crippen LogP contribution is -2.39. The molecule has 1 saturated heterocycles. The molecule has 9 heteroatoms. The van der Waals surface area contributed by atoms with Crippen LogP contribution in [-0.4, -0.2) is 39.4 Å². The maximum absolute atomic E-state index is 12.7. The summed E-state index contributed by atoms with van der Waals surface area (Å²) in [7, 11) is -2.26. The van der Waals surface area contributed by atoms with E-state index in [9.17, 15) is 13.2 Å². The fourth-order valence-electron chi connectivity index (χ4n) is 3.81. The highest BCUT2D eigenvalue weighted by molar-refractivity contribution is 7.92. The third kappa shape index (κ3) is 4.79. The SMILES string of the molecule is CNc1ccc(S(=O)(=O)Nc2ccc(N3C[C@H](C)C[C@@H](C)C3)nc2)cc1C(N)=O. The van der Waals surface area contributed by atoms with Gasteiger partial charge >= 0.3 is 0 Å². The molecule has 29 heavy (non-hydrogen) atoms. The molecule has 1 aromatic carbocycles. The summed E-state index contributed by atoms with van der Waals surface area (Å²) in [6.07, 6.45) is 2.71. The molecular formula is C20H27N5O3S. The number of sulfonamides is 1. The Balaban J connectivity index is 1.79. The zero-order valence-electron chi connectivity index (χ0n) is 16.8. The van der Waals surface area contributed by atoms with Crippen molar-refractivity contribution < 1.29 is 13.2 Å². The highest BCUT2D eigenvalue weighted by Crippen LogP contribution is 2.26. The number of hydrogen-bond donors (Lipinski definition) is 3. The van der Waals surface area contributed by atoms with Crippen molar-refractivity contribution in [3.8, 4) is 0 Å². The number of amides is 1. The quantitative estimate of drug-likeness (QED) is 0.665. The minimum absolute atomic E-state index is 0.0481. The standard InChI is InChI=1S/C20H27N5O3S/c1-13-8-14(2)12-25(11-13)19-7-4-15(10-23-19)24-29(27,28)16-5-6-18(22-3)17(9-16)20(21)26/h4-7,9-10,13-14,22,24H,8,11-12H2,1-3H3,(H2,21,26)/t13-,14-/m1/s1. The fraction of sp³-hybridized carbons (Fsp3) is 0.400. The second-order valence-electron chi connectivity index (χ2n) is 7.68. The molecular weight excluding hydrogens is 390 g/mol. The third-order valence-electron chi connectivity index (χ3n) is 5.03. The van der Waals surface area contributed by atoms with Gasteiger partial charge in [-0.3, -0.25) is 9.52 Å². The van der Waals surface area contributed by atoms with Crippen LogP contribution in [0.1, 0.15) is 30.6 Å². The summed E-state index contributed by atoms with van der Waals surface area (Å²) in [5, 5.41) is 2.82. The summed E-state index contributed by atoms with van der Waals surface area (Å²) in [5.41, 5.74) is 6.28. The van der Waals surface area contributed by atoms with Crippen LogP contribution < -0.4 is 20.7 Å². The molecule has 0 spiro atoms. The van der Waals surface area contributed by atoms with Gasteiger partial charge in [-0.1, -0.05) is 13.8 Å². The molecule has 0 aliphatic carbocycles. The van der Waals surface area contributed by atoms with Gasteiger partial charge in [-0.25, -0.2) is 13.4 Å². The zero-order chi connectivity index (χ0) is 21.2. The first-order valence-electron chi connectivity index (χ1n) is 9.55. The molecule has 1 aliphatic rings. The molecule has 4 N–H and O–H groups in total. The number of nitrogens with two attached hydrogens (primary N) is 1. The summed E-state index contributed by atoms with van der Waals surface area (Å²) in [5.74, 6) is 1.32. The van der Waals surface area contributed by atoms with E-state index in [-0.39, 0.29) is 10.5 Å². The van der Waals surface area contributed by atoms with E-state index in [1.165, 1.54) is 30.8 Å². The average Bonchev–Trinajstić information content (AvgIpc) is 2.67. The van der Waals surface area contributed by atoms with Crippen LogP contribution in [0.2, 0.25) is 0 Å². The maximum Gasteiger partial charge on any atom is 0.261 e. The number of nitrogens with zero attached hydrogens (tertiary/aromatic N) is 2. The van der Waals surface area contributed by atoms with Crippen LogP contribution >= 0.6 is 0 Å². The lowest BCUT2D eigenvalue weighted by atomic mass is 9.92. The highest BCUT2D eigenvalue weighted by Gasteiger charge is 2.23. The molecule has 1 aliphatic heterocycles. The van der Waals surface area contributed by atoms with Crippen molar-refractivity contribution in [3.63, 3.8) is 0 Å². The Labute approximate surface area is 171 Å². The highest BCUT2D eigenvalue weighted by atomic mass is 32.2. The van der Waals surface area contributed by atoms with Gasteiger partial charge in [-0.15, -0.1) is 0 Å². The van der Waals surface area contributed by atoms with Crippen LogP contribution in [0.15, 0.2) is 41.4 Å². The molecule has 8 nitrogen and oxygen atoms in total. The van der Waals surface area contributed by atoms with Gasteiger partial charge in [-0.2, -0.15) is 0 Å². The van der Waals surface area contributed by atoms with E-state index >= 15 is 0 Å². The topological polar surface area (TPSA) is 117 Å². The van der Waals surface area contributed by atoms with Crippen molar-refractivity contribution in [3.05, 3.63) is 42.1 Å². The van der Waals surface area contributed by atoms with Gasteiger partial charge in [0.15, 0.2) is 0 Å². The van der Waals surface area contributed by atoms with Gasteiger partial charge in [0.25, 0.3) is 15.9 Å². The number of carbonyl (C=O) groups excluding carboxylic acids is 1. The molecule has 3 rings (SSSR count). The molecule has 156 valence electrons. The van der Waals surface area contributed by atoms with Gasteiger partial charge in [0.05, 0.1) is 22.3 Å². The van der Waals surface area contributed by atoms with Crippen LogP contribution in [-0.2, 0) is 10.0 Å². The molecule has 0 bridgehead atoms. The number of pyridine rings is 1. The molecule has 2 aromatic rings. The third-order valence-corrected chi connectivity index (χ3v) is 6.41. The summed E-state index contributed by atoms with van der Waals surface area (Å²) < 4.78 is 28.0. The number of benzene rings is 1. The summed E-state index contributed by atoms with van der Waals surface area (Å²) in [6.45, 7) is 6.34. The largest absolute Gasteiger partial charge is 0.387 e. The molecule has 1 aromatic heterocycles. The molecule has 2 heterocycles.